The topological polar surface area (TPSA) is 64.1 Å². The standard InChI is InChI=1S/C15H35N3O3Si/c1-6-15(2)18-13-12-17-10-7-9-16-11-8-14-22(19-3,20-4)21-5/h16-17H,6-14H2,1-5H3. The minimum Gasteiger partial charge on any atom is -0.377 e. The summed E-state index contributed by atoms with van der Waals surface area (Å²) in [4.78, 5) is 4.45. The first-order chi connectivity index (χ1) is 10.6. The lowest BCUT2D eigenvalue weighted by Gasteiger charge is -2.24. The Morgan fingerprint density at radius 3 is 2.00 bits per heavy atom. The monoisotopic (exact) mass is 333 g/mol. The second kappa shape index (κ2) is 14.3. The van der Waals surface area contributed by atoms with E-state index in [1.54, 1.807) is 21.3 Å². The van der Waals surface area contributed by atoms with Gasteiger partial charge in [-0.15, -0.1) is 0 Å². The van der Waals surface area contributed by atoms with Crippen LogP contribution in [0.1, 0.15) is 33.1 Å². The van der Waals surface area contributed by atoms with Crippen LogP contribution in [0.2, 0.25) is 6.04 Å². The van der Waals surface area contributed by atoms with E-state index < -0.39 is 8.80 Å². The Morgan fingerprint density at radius 2 is 1.45 bits per heavy atom. The van der Waals surface area contributed by atoms with Gasteiger partial charge >= 0.3 is 8.80 Å². The summed E-state index contributed by atoms with van der Waals surface area (Å²) < 4.78 is 16.2. The molecule has 0 aliphatic heterocycles. The van der Waals surface area contributed by atoms with Crippen LogP contribution in [0.4, 0.5) is 0 Å². The van der Waals surface area contributed by atoms with Gasteiger partial charge in [0, 0.05) is 39.6 Å². The van der Waals surface area contributed by atoms with E-state index in [1.807, 2.05) is 0 Å². The molecule has 0 amide bonds. The van der Waals surface area contributed by atoms with Crippen LogP contribution in [0.15, 0.2) is 4.99 Å². The average Bonchev–Trinajstić information content (AvgIpc) is 2.56. The summed E-state index contributed by atoms with van der Waals surface area (Å²) in [6.45, 7) is 9.07. The van der Waals surface area contributed by atoms with Gasteiger partial charge in [-0.25, -0.2) is 0 Å². The molecule has 0 aromatic heterocycles. The highest BCUT2D eigenvalue weighted by Crippen LogP contribution is 2.14. The maximum Gasteiger partial charge on any atom is 0.500 e. The second-order valence-electron chi connectivity index (χ2n) is 5.22. The van der Waals surface area contributed by atoms with Crippen LogP contribution in [-0.4, -0.2) is 68.6 Å². The molecule has 0 fully saturated rings. The number of hydrogen-bond donors (Lipinski definition) is 2. The van der Waals surface area contributed by atoms with Crippen LogP contribution in [0, 0.1) is 0 Å². The van der Waals surface area contributed by atoms with E-state index in [0.29, 0.717) is 0 Å². The molecule has 0 aromatic rings. The predicted octanol–water partition coefficient (Wildman–Crippen LogP) is 1.69. The third-order valence-corrected chi connectivity index (χ3v) is 6.49. The number of hydrogen-bond acceptors (Lipinski definition) is 6. The van der Waals surface area contributed by atoms with Crippen molar-refractivity contribution in [1.29, 1.82) is 0 Å². The predicted molar refractivity (Wildman–Crippen MR) is 94.8 cm³/mol. The SMILES string of the molecule is CCC(C)=NCCNCCCNCCC[Si](OC)(OC)OC. The Labute approximate surface area is 137 Å². The van der Waals surface area contributed by atoms with Gasteiger partial charge in [0.05, 0.1) is 6.54 Å². The summed E-state index contributed by atoms with van der Waals surface area (Å²) in [6.07, 6.45) is 3.17. The highest BCUT2D eigenvalue weighted by atomic mass is 28.4. The van der Waals surface area contributed by atoms with Crippen LogP contribution in [0.5, 0.6) is 0 Å². The summed E-state index contributed by atoms with van der Waals surface area (Å²) in [5.74, 6) is 0. The summed E-state index contributed by atoms with van der Waals surface area (Å²) in [5, 5.41) is 6.84. The molecular weight excluding hydrogens is 298 g/mol. The first-order valence-corrected chi connectivity index (χ1v) is 10.1. The van der Waals surface area contributed by atoms with Crippen molar-refractivity contribution in [3.8, 4) is 0 Å². The van der Waals surface area contributed by atoms with Crippen molar-refractivity contribution in [3.63, 3.8) is 0 Å². The number of rotatable bonds is 15. The fraction of sp³-hybridized carbons (Fsp3) is 0.933. The molecule has 0 aliphatic rings. The summed E-state index contributed by atoms with van der Waals surface area (Å²) in [6, 6.07) is 0.844. The highest BCUT2D eigenvalue weighted by Gasteiger charge is 2.36. The van der Waals surface area contributed by atoms with E-state index in [-0.39, 0.29) is 0 Å². The Kier molecular flexibility index (Phi) is 14.1. The van der Waals surface area contributed by atoms with Crippen LogP contribution in [0.25, 0.3) is 0 Å². The minimum atomic E-state index is -2.39. The third kappa shape index (κ3) is 10.4. The van der Waals surface area contributed by atoms with Crippen molar-refractivity contribution in [1.82, 2.24) is 10.6 Å². The molecule has 0 radical (unpaired) electrons. The highest BCUT2D eigenvalue weighted by molar-refractivity contribution is 6.60. The van der Waals surface area contributed by atoms with E-state index in [0.717, 1.165) is 58.0 Å². The van der Waals surface area contributed by atoms with Crippen LogP contribution >= 0.6 is 0 Å². The summed E-state index contributed by atoms with van der Waals surface area (Å²) in [5.41, 5.74) is 1.23. The maximum atomic E-state index is 5.39. The Balaban J connectivity index is 3.40. The molecule has 0 saturated carbocycles. The molecular formula is C15H35N3O3Si. The molecule has 0 heterocycles. The maximum absolute atomic E-state index is 5.39. The van der Waals surface area contributed by atoms with Crippen molar-refractivity contribution in [3.05, 3.63) is 0 Å². The number of nitrogens with one attached hydrogen (secondary N) is 2. The zero-order valence-corrected chi connectivity index (χ0v) is 16.0. The van der Waals surface area contributed by atoms with Gasteiger partial charge in [0.15, 0.2) is 0 Å². The van der Waals surface area contributed by atoms with Crippen molar-refractivity contribution < 1.29 is 13.3 Å². The smallest absolute Gasteiger partial charge is 0.377 e. The largest absolute Gasteiger partial charge is 0.500 e. The number of nitrogens with zero attached hydrogens (tertiary/aromatic N) is 1. The molecule has 0 spiro atoms. The molecule has 7 heteroatoms. The summed E-state index contributed by atoms with van der Waals surface area (Å²) in [7, 11) is 2.59. The first-order valence-electron chi connectivity index (χ1n) is 8.21. The Morgan fingerprint density at radius 1 is 0.909 bits per heavy atom. The molecule has 0 aliphatic carbocycles. The lowest BCUT2D eigenvalue weighted by molar-refractivity contribution is 0.123. The van der Waals surface area contributed by atoms with Crippen LogP contribution in [0.3, 0.4) is 0 Å². The quantitative estimate of drug-likeness (QED) is 0.271. The van der Waals surface area contributed by atoms with E-state index >= 15 is 0 Å². The third-order valence-electron chi connectivity index (χ3n) is 3.66. The normalized spacial score (nSPS) is 12.9. The molecule has 0 bridgehead atoms. The van der Waals surface area contributed by atoms with Crippen molar-refractivity contribution in [2.45, 2.75) is 39.2 Å². The molecule has 132 valence electrons. The van der Waals surface area contributed by atoms with Gasteiger partial charge in [0.2, 0.25) is 0 Å². The zero-order valence-electron chi connectivity index (χ0n) is 15.0. The van der Waals surface area contributed by atoms with Crippen molar-refractivity contribution in [2.24, 2.45) is 4.99 Å². The van der Waals surface area contributed by atoms with Gasteiger partial charge in [-0.2, -0.15) is 0 Å². The molecule has 0 rings (SSSR count). The molecule has 0 atom stereocenters. The molecule has 2 N–H and O–H groups in total. The lowest BCUT2D eigenvalue weighted by atomic mass is 10.3. The van der Waals surface area contributed by atoms with E-state index in [2.05, 4.69) is 29.5 Å². The Bertz CT molecular complexity index is 279. The van der Waals surface area contributed by atoms with Crippen molar-refractivity contribution in [2.75, 3.05) is 54.1 Å². The minimum absolute atomic E-state index is 0.844. The Hall–Kier alpha value is -0.313. The first kappa shape index (κ1) is 21.7. The van der Waals surface area contributed by atoms with Gasteiger partial charge in [-0.3, -0.25) is 4.99 Å². The van der Waals surface area contributed by atoms with Crippen LogP contribution < -0.4 is 10.6 Å². The molecule has 0 aromatic carbocycles. The second-order valence-corrected chi connectivity index (χ2v) is 8.31. The molecule has 0 unspecified atom stereocenters. The number of aliphatic imine (C=N–C) groups is 1. The van der Waals surface area contributed by atoms with E-state index in [9.17, 15) is 0 Å². The van der Waals surface area contributed by atoms with Gasteiger partial charge in [0.25, 0.3) is 0 Å². The van der Waals surface area contributed by atoms with Gasteiger partial charge in [0.1, 0.15) is 0 Å². The fourth-order valence-electron chi connectivity index (χ4n) is 2.01. The average molecular weight is 334 g/mol. The van der Waals surface area contributed by atoms with E-state index in [1.165, 1.54) is 5.71 Å². The lowest BCUT2D eigenvalue weighted by Crippen LogP contribution is -2.43. The van der Waals surface area contributed by atoms with Crippen LogP contribution in [-0.2, 0) is 13.3 Å². The van der Waals surface area contributed by atoms with E-state index in [4.69, 9.17) is 13.3 Å². The molecule has 6 nitrogen and oxygen atoms in total. The molecule has 0 saturated heterocycles. The molecule has 22 heavy (non-hydrogen) atoms. The van der Waals surface area contributed by atoms with Gasteiger partial charge < -0.3 is 23.9 Å². The zero-order chi connectivity index (χ0) is 16.7. The fourth-order valence-corrected chi connectivity index (χ4v) is 3.73. The van der Waals surface area contributed by atoms with Crippen molar-refractivity contribution >= 4 is 14.5 Å². The summed E-state index contributed by atoms with van der Waals surface area (Å²) >= 11 is 0. The van der Waals surface area contributed by atoms with Gasteiger partial charge in [-0.05, 0) is 45.8 Å². The van der Waals surface area contributed by atoms with Gasteiger partial charge in [-0.1, -0.05) is 6.92 Å².